The topological polar surface area (TPSA) is 108 Å². The van der Waals surface area contributed by atoms with Crippen LogP contribution in [0.2, 0.25) is 0 Å². The molecule has 4 aliphatic carbocycles. The maximum atomic E-state index is 12.1. The van der Waals surface area contributed by atoms with Gasteiger partial charge in [-0.25, -0.2) is 4.79 Å². The summed E-state index contributed by atoms with van der Waals surface area (Å²) >= 11 is 0. The minimum atomic E-state index is -1.06. The third-order valence-corrected chi connectivity index (χ3v) is 9.99. The van der Waals surface area contributed by atoms with E-state index in [0.29, 0.717) is 24.2 Å². The Morgan fingerprint density at radius 3 is 2.57 bits per heavy atom. The van der Waals surface area contributed by atoms with Crippen molar-refractivity contribution in [2.45, 2.75) is 90.7 Å². The largest absolute Gasteiger partial charge is 0.480 e. The number of nitrogens with one attached hydrogen (secondary N) is 1. The monoisotopic (exact) mass is 484 g/mol. The van der Waals surface area contributed by atoms with Gasteiger partial charge in [0.2, 0.25) is 0 Å². The Morgan fingerprint density at radius 1 is 1.20 bits per heavy atom. The van der Waals surface area contributed by atoms with Crippen molar-refractivity contribution in [2.24, 2.45) is 39.7 Å². The SMILES string of the molecule is C#C[C@@]1(O)CC[C@H]2[C@@H]3CCC4=CC(=NOCC(=O)N[C@H](C(=O)O)C(C)C)CC[C@]4(C)[C@H]3CC[C@@]21C. The van der Waals surface area contributed by atoms with Crippen LogP contribution in [-0.2, 0) is 14.4 Å². The molecule has 0 unspecified atom stereocenters. The van der Waals surface area contributed by atoms with Crippen molar-refractivity contribution in [2.75, 3.05) is 6.61 Å². The van der Waals surface area contributed by atoms with Gasteiger partial charge in [-0.15, -0.1) is 6.42 Å². The first kappa shape index (κ1) is 25.8. The average molecular weight is 485 g/mol. The number of carboxylic acid groups (broad SMARTS) is 1. The summed E-state index contributed by atoms with van der Waals surface area (Å²) in [6, 6.07) is -0.944. The maximum Gasteiger partial charge on any atom is 0.326 e. The van der Waals surface area contributed by atoms with E-state index in [2.05, 4.69) is 36.3 Å². The maximum absolute atomic E-state index is 12.1. The zero-order valence-corrected chi connectivity index (χ0v) is 21.5. The van der Waals surface area contributed by atoms with Gasteiger partial charge < -0.3 is 20.4 Å². The first-order chi connectivity index (χ1) is 16.4. The summed E-state index contributed by atoms with van der Waals surface area (Å²) in [4.78, 5) is 28.7. The van der Waals surface area contributed by atoms with E-state index in [1.807, 2.05) is 0 Å². The molecule has 0 aromatic carbocycles. The van der Waals surface area contributed by atoms with Crippen LogP contribution in [0.4, 0.5) is 0 Å². The fourth-order valence-electron chi connectivity index (χ4n) is 7.80. The predicted molar refractivity (Wildman–Crippen MR) is 133 cm³/mol. The molecule has 3 fully saturated rings. The van der Waals surface area contributed by atoms with Crippen LogP contribution in [0, 0.1) is 46.8 Å². The number of oxime groups is 1. The molecule has 1 amide bonds. The molecule has 0 heterocycles. The van der Waals surface area contributed by atoms with E-state index in [0.717, 1.165) is 50.7 Å². The number of nitrogens with zero attached hydrogens (tertiary/aromatic N) is 1. The van der Waals surface area contributed by atoms with Crippen molar-refractivity contribution >= 4 is 17.6 Å². The molecule has 0 aliphatic heterocycles. The van der Waals surface area contributed by atoms with Crippen molar-refractivity contribution in [1.82, 2.24) is 5.32 Å². The fourth-order valence-corrected chi connectivity index (χ4v) is 7.80. The highest BCUT2D eigenvalue weighted by molar-refractivity contribution is 5.96. The number of hydrogen-bond donors (Lipinski definition) is 3. The van der Waals surface area contributed by atoms with Gasteiger partial charge in [0, 0.05) is 5.41 Å². The lowest BCUT2D eigenvalue weighted by molar-refractivity contribution is -0.143. The molecule has 0 aromatic rings. The molecule has 4 aliphatic rings. The molecule has 0 spiro atoms. The minimum Gasteiger partial charge on any atom is -0.480 e. The van der Waals surface area contributed by atoms with Crippen LogP contribution in [0.5, 0.6) is 0 Å². The van der Waals surface area contributed by atoms with Crippen molar-refractivity contribution in [1.29, 1.82) is 0 Å². The summed E-state index contributed by atoms with van der Waals surface area (Å²) in [5, 5.41) is 27.1. The molecule has 3 saturated carbocycles. The third kappa shape index (κ3) is 4.28. The quantitative estimate of drug-likeness (QED) is 0.391. The Morgan fingerprint density at radius 2 is 1.91 bits per heavy atom. The molecule has 7 heteroatoms. The highest BCUT2D eigenvalue weighted by atomic mass is 16.6. The third-order valence-electron chi connectivity index (χ3n) is 9.99. The molecule has 35 heavy (non-hydrogen) atoms. The van der Waals surface area contributed by atoms with E-state index < -0.39 is 23.5 Å². The molecule has 0 radical (unpaired) electrons. The zero-order chi connectivity index (χ0) is 25.6. The van der Waals surface area contributed by atoms with E-state index in [1.165, 1.54) is 5.57 Å². The van der Waals surface area contributed by atoms with Gasteiger partial charge in [0.15, 0.2) is 6.61 Å². The summed E-state index contributed by atoms with van der Waals surface area (Å²) in [5.74, 6) is 2.62. The molecule has 192 valence electrons. The number of carbonyl (C=O) groups excluding carboxylic acids is 1. The standard InChI is InChI=1S/C28H40N2O5/c1-6-28(34)14-11-22-20-8-7-18-15-19(9-12-26(18,4)21(20)10-13-27(22,28)5)30-35-16-23(31)29-24(17(2)3)25(32)33/h1,15,17,20-22,24,34H,7-14,16H2,2-5H3,(H,29,31)(H,32,33)/t20-,21+,22+,24+,26+,27+,28-/m1/s1. The molecule has 7 nitrogen and oxygen atoms in total. The first-order valence-corrected chi connectivity index (χ1v) is 13.1. The summed E-state index contributed by atoms with van der Waals surface area (Å²) < 4.78 is 0. The van der Waals surface area contributed by atoms with Crippen LogP contribution in [0.15, 0.2) is 16.8 Å². The van der Waals surface area contributed by atoms with E-state index >= 15 is 0 Å². The second-order valence-electron chi connectivity index (χ2n) is 12.0. The highest BCUT2D eigenvalue weighted by Gasteiger charge is 2.63. The number of hydrogen-bond acceptors (Lipinski definition) is 5. The molecule has 4 rings (SSSR count). The van der Waals surface area contributed by atoms with Gasteiger partial charge in [-0.1, -0.05) is 44.3 Å². The summed E-state index contributed by atoms with van der Waals surface area (Å²) in [7, 11) is 0. The fraction of sp³-hybridized carbons (Fsp3) is 0.750. The molecule has 0 aromatic heterocycles. The number of carboxylic acids is 1. The Balaban J connectivity index is 1.41. The van der Waals surface area contributed by atoms with Crippen LogP contribution in [-0.4, -0.2) is 46.1 Å². The van der Waals surface area contributed by atoms with Crippen LogP contribution < -0.4 is 5.32 Å². The smallest absolute Gasteiger partial charge is 0.326 e. The van der Waals surface area contributed by atoms with E-state index in [1.54, 1.807) is 13.8 Å². The molecule has 3 N–H and O–H groups in total. The van der Waals surface area contributed by atoms with Gasteiger partial charge in [-0.2, -0.15) is 0 Å². The van der Waals surface area contributed by atoms with Crippen LogP contribution in [0.1, 0.15) is 79.1 Å². The number of allylic oxidation sites excluding steroid dienone is 2. The number of fused-ring (bicyclic) bond motifs is 5. The van der Waals surface area contributed by atoms with Gasteiger partial charge in [0.1, 0.15) is 11.6 Å². The lowest BCUT2D eigenvalue weighted by Gasteiger charge is -2.58. The van der Waals surface area contributed by atoms with Crippen molar-refractivity contribution < 1.29 is 24.6 Å². The van der Waals surface area contributed by atoms with Crippen molar-refractivity contribution in [3.63, 3.8) is 0 Å². The van der Waals surface area contributed by atoms with Crippen LogP contribution >= 0.6 is 0 Å². The van der Waals surface area contributed by atoms with E-state index in [4.69, 9.17) is 11.3 Å². The first-order valence-electron chi connectivity index (χ1n) is 13.1. The summed E-state index contributed by atoms with van der Waals surface area (Å²) in [6.45, 7) is 7.80. The van der Waals surface area contributed by atoms with Gasteiger partial charge in [0.25, 0.3) is 5.91 Å². The van der Waals surface area contributed by atoms with Crippen molar-refractivity contribution in [3.05, 3.63) is 11.6 Å². The number of amides is 1. The van der Waals surface area contributed by atoms with Crippen LogP contribution in [0.25, 0.3) is 0 Å². The molecular formula is C28H40N2O5. The lowest BCUT2D eigenvalue weighted by Crippen LogP contribution is -2.54. The van der Waals surface area contributed by atoms with Gasteiger partial charge >= 0.3 is 5.97 Å². The zero-order valence-electron chi connectivity index (χ0n) is 21.5. The Labute approximate surface area is 208 Å². The van der Waals surface area contributed by atoms with E-state index in [-0.39, 0.29) is 23.4 Å². The average Bonchev–Trinajstić information content (AvgIpc) is 3.08. The minimum absolute atomic E-state index is 0.115. The van der Waals surface area contributed by atoms with Crippen molar-refractivity contribution in [3.8, 4) is 12.3 Å². The second-order valence-corrected chi connectivity index (χ2v) is 12.0. The molecule has 7 atom stereocenters. The van der Waals surface area contributed by atoms with Gasteiger partial charge in [-0.3, -0.25) is 4.79 Å². The highest BCUT2D eigenvalue weighted by Crippen LogP contribution is 2.67. The Bertz CT molecular complexity index is 980. The number of aliphatic carboxylic acids is 1. The summed E-state index contributed by atoms with van der Waals surface area (Å²) in [6.07, 6.45) is 15.6. The number of rotatable bonds is 6. The number of aliphatic hydroxyl groups is 1. The predicted octanol–water partition coefficient (Wildman–Crippen LogP) is 3.91. The van der Waals surface area contributed by atoms with Gasteiger partial charge in [0.05, 0.1) is 5.71 Å². The Hall–Kier alpha value is -2.33. The van der Waals surface area contributed by atoms with Crippen LogP contribution in [0.3, 0.4) is 0 Å². The van der Waals surface area contributed by atoms with E-state index in [9.17, 15) is 19.8 Å². The number of carbonyl (C=O) groups is 2. The lowest BCUT2D eigenvalue weighted by atomic mass is 9.46. The molecule has 0 bridgehead atoms. The second kappa shape index (κ2) is 9.28. The molecular weight excluding hydrogens is 444 g/mol. The summed E-state index contributed by atoms with van der Waals surface area (Å²) in [5.41, 5.74) is 1.20. The normalized spacial score (nSPS) is 40.1. The number of terminal acetylenes is 1. The molecule has 0 saturated heterocycles. The van der Waals surface area contributed by atoms with Gasteiger partial charge in [-0.05, 0) is 86.5 Å². The Kier molecular flexibility index (Phi) is 6.83.